The number of halogens is 3. The molecular formula is C26H21F3N6O2. The molecule has 2 aromatic heterocycles. The van der Waals surface area contributed by atoms with Crippen molar-refractivity contribution in [2.24, 2.45) is 17.2 Å². The van der Waals surface area contributed by atoms with Gasteiger partial charge in [-0.1, -0.05) is 47.1 Å². The predicted octanol–water partition coefficient (Wildman–Crippen LogP) is 5.15. The number of nitrogens with two attached hydrogens (primary N) is 1. The van der Waals surface area contributed by atoms with Crippen molar-refractivity contribution in [1.82, 2.24) is 14.8 Å². The van der Waals surface area contributed by atoms with Gasteiger partial charge in [0.1, 0.15) is 12.9 Å². The number of aryl methyl sites for hydroxylation is 2. The number of oxime groups is 1. The number of benzene rings is 2. The maximum atomic E-state index is 13.8. The zero-order valence-corrected chi connectivity index (χ0v) is 19.8. The van der Waals surface area contributed by atoms with Crippen molar-refractivity contribution in [1.29, 1.82) is 0 Å². The van der Waals surface area contributed by atoms with Gasteiger partial charge in [0.15, 0.2) is 11.3 Å². The number of ether oxygens (including phenoxy) is 1. The second-order valence-corrected chi connectivity index (χ2v) is 8.41. The number of hydrogen-bond donors (Lipinski definition) is 1. The number of nitrogen functional groups attached to an aromatic ring is 1. The molecule has 0 atom stereocenters. The fourth-order valence-electron chi connectivity index (χ4n) is 3.91. The normalized spacial score (nSPS) is 13.6. The first-order valence-corrected chi connectivity index (χ1v) is 11.2. The smallest absolute Gasteiger partial charge is 0.435 e. The molecule has 0 bridgehead atoms. The minimum absolute atomic E-state index is 0.00335. The van der Waals surface area contributed by atoms with E-state index in [1.54, 1.807) is 30.3 Å². The molecule has 37 heavy (non-hydrogen) atoms. The molecule has 1 aliphatic rings. The number of nitrogens with zero attached hydrogens (tertiary/aromatic N) is 5. The number of amidine groups is 1. The van der Waals surface area contributed by atoms with Crippen LogP contribution in [0.3, 0.4) is 0 Å². The average Bonchev–Trinajstić information content (AvgIpc) is 3.02. The van der Waals surface area contributed by atoms with E-state index in [0.717, 1.165) is 15.8 Å². The van der Waals surface area contributed by atoms with Crippen molar-refractivity contribution in [3.8, 4) is 5.88 Å². The second-order valence-electron chi connectivity index (χ2n) is 8.41. The highest BCUT2D eigenvalue weighted by atomic mass is 19.4. The van der Waals surface area contributed by atoms with Crippen LogP contribution in [-0.4, -0.2) is 26.3 Å². The number of rotatable bonds is 5. The minimum Gasteiger partial charge on any atom is -0.472 e. The Morgan fingerprint density at radius 2 is 1.89 bits per heavy atom. The van der Waals surface area contributed by atoms with E-state index in [9.17, 15) is 13.2 Å². The number of fused-ring (bicyclic) bond motifs is 1. The van der Waals surface area contributed by atoms with Gasteiger partial charge in [0.25, 0.3) is 0 Å². The van der Waals surface area contributed by atoms with Gasteiger partial charge in [-0.3, -0.25) is 0 Å². The molecule has 4 aromatic rings. The van der Waals surface area contributed by atoms with Crippen molar-refractivity contribution in [2.75, 3.05) is 5.73 Å². The number of allylic oxidation sites excluding steroid dienone is 1. The zero-order chi connectivity index (χ0) is 26.2. The van der Waals surface area contributed by atoms with Gasteiger partial charge < -0.3 is 15.3 Å². The molecule has 2 aromatic carbocycles. The average molecular weight is 506 g/mol. The Hall–Kier alpha value is -4.67. The SMILES string of the molecule is Cc1cccc(COc2nc3c(cc2C2=NOC=CC(c4cccc(N)c4)=N2)c(C(F)(F)F)nn3C)c1. The lowest BCUT2D eigenvalue weighted by atomic mass is 10.1. The lowest BCUT2D eigenvalue weighted by Gasteiger charge is -2.12. The number of aromatic nitrogens is 3. The van der Waals surface area contributed by atoms with Crippen LogP contribution in [0, 0.1) is 6.92 Å². The summed E-state index contributed by atoms with van der Waals surface area (Å²) in [6.07, 6.45) is -1.79. The van der Waals surface area contributed by atoms with E-state index in [1.807, 2.05) is 31.2 Å². The van der Waals surface area contributed by atoms with E-state index < -0.39 is 11.9 Å². The van der Waals surface area contributed by atoms with Crippen LogP contribution < -0.4 is 10.5 Å². The summed E-state index contributed by atoms with van der Waals surface area (Å²) in [6.45, 7) is 2.07. The Kier molecular flexibility index (Phi) is 6.12. The number of pyridine rings is 1. The molecule has 1 aliphatic heterocycles. The maximum absolute atomic E-state index is 13.8. The fraction of sp³-hybridized carbons (Fsp3) is 0.154. The number of anilines is 1. The second kappa shape index (κ2) is 9.41. The van der Waals surface area contributed by atoms with Gasteiger partial charge in [-0.25, -0.2) is 9.67 Å². The molecule has 0 saturated heterocycles. The van der Waals surface area contributed by atoms with Crippen molar-refractivity contribution in [3.63, 3.8) is 0 Å². The first-order valence-electron chi connectivity index (χ1n) is 11.2. The van der Waals surface area contributed by atoms with Crippen molar-refractivity contribution in [2.45, 2.75) is 19.7 Å². The Morgan fingerprint density at radius 3 is 2.65 bits per heavy atom. The molecule has 3 heterocycles. The molecule has 2 N–H and O–H groups in total. The minimum atomic E-state index is -4.69. The molecule has 0 spiro atoms. The molecule has 11 heteroatoms. The number of hydrogen-bond acceptors (Lipinski definition) is 7. The first-order chi connectivity index (χ1) is 17.7. The van der Waals surface area contributed by atoms with E-state index in [0.29, 0.717) is 17.0 Å². The van der Waals surface area contributed by atoms with Gasteiger partial charge in [0, 0.05) is 24.4 Å². The van der Waals surface area contributed by atoms with Gasteiger partial charge in [0.2, 0.25) is 11.7 Å². The molecule has 0 aliphatic carbocycles. The zero-order valence-electron chi connectivity index (χ0n) is 19.8. The van der Waals surface area contributed by atoms with Crippen LogP contribution in [0.2, 0.25) is 0 Å². The maximum Gasteiger partial charge on any atom is 0.435 e. The molecule has 8 nitrogen and oxygen atoms in total. The molecule has 188 valence electrons. The van der Waals surface area contributed by atoms with Crippen LogP contribution in [-0.2, 0) is 24.7 Å². The van der Waals surface area contributed by atoms with E-state index in [4.69, 9.17) is 15.3 Å². The molecular weight excluding hydrogens is 485 g/mol. The summed E-state index contributed by atoms with van der Waals surface area (Å²) in [5, 5.41) is 7.44. The van der Waals surface area contributed by atoms with Gasteiger partial charge >= 0.3 is 6.18 Å². The van der Waals surface area contributed by atoms with E-state index >= 15 is 0 Å². The largest absolute Gasteiger partial charge is 0.472 e. The van der Waals surface area contributed by atoms with Crippen molar-refractivity contribution >= 4 is 28.3 Å². The Bertz CT molecular complexity index is 1590. The summed E-state index contributed by atoms with van der Waals surface area (Å²) in [4.78, 5) is 14.2. The third-order valence-corrected chi connectivity index (χ3v) is 5.58. The topological polar surface area (TPSA) is 99.9 Å². The Labute approximate surface area is 209 Å². The summed E-state index contributed by atoms with van der Waals surface area (Å²) < 4.78 is 48.4. The number of aliphatic imine (C=N–C) groups is 1. The first kappa shape index (κ1) is 24.0. The van der Waals surface area contributed by atoms with Gasteiger partial charge in [-0.2, -0.15) is 23.3 Å². The predicted molar refractivity (Wildman–Crippen MR) is 133 cm³/mol. The quantitative estimate of drug-likeness (QED) is 0.378. The summed E-state index contributed by atoms with van der Waals surface area (Å²) in [7, 11) is 1.39. The third-order valence-electron chi connectivity index (χ3n) is 5.58. The van der Waals surface area contributed by atoms with Gasteiger partial charge in [-0.05, 0) is 30.7 Å². The summed E-state index contributed by atoms with van der Waals surface area (Å²) in [5.41, 5.74) is 8.49. The van der Waals surface area contributed by atoms with Crippen LogP contribution >= 0.6 is 0 Å². The van der Waals surface area contributed by atoms with E-state index in [-0.39, 0.29) is 34.9 Å². The monoisotopic (exact) mass is 506 g/mol. The molecule has 0 unspecified atom stereocenters. The molecule has 0 amide bonds. The Morgan fingerprint density at radius 1 is 1.08 bits per heavy atom. The van der Waals surface area contributed by atoms with Crippen LogP contribution in [0.25, 0.3) is 11.0 Å². The molecule has 5 rings (SSSR count). The van der Waals surface area contributed by atoms with Crippen LogP contribution in [0.4, 0.5) is 18.9 Å². The standard InChI is InChI=1S/C26H21F3N6O2/c1-15-5-3-6-16(11-15)14-36-25-20(13-19-22(26(27,28)29)33-35(2)24(19)32-25)23-31-21(9-10-37-34-23)17-7-4-8-18(30)12-17/h3-13H,14,30H2,1-2H3. The van der Waals surface area contributed by atoms with Gasteiger partial charge in [0.05, 0.1) is 16.7 Å². The van der Waals surface area contributed by atoms with E-state index in [1.165, 1.54) is 19.4 Å². The van der Waals surface area contributed by atoms with Crippen LogP contribution in [0.15, 0.2) is 77.1 Å². The third kappa shape index (κ3) is 5.01. The van der Waals surface area contributed by atoms with Crippen molar-refractivity contribution in [3.05, 3.63) is 94.9 Å². The lowest BCUT2D eigenvalue weighted by molar-refractivity contribution is -0.140. The summed E-state index contributed by atoms with van der Waals surface area (Å²) in [5.74, 6) is 0.0127. The molecule has 0 radical (unpaired) electrons. The molecule has 0 saturated carbocycles. The molecule has 0 fully saturated rings. The summed E-state index contributed by atoms with van der Waals surface area (Å²) >= 11 is 0. The lowest BCUT2D eigenvalue weighted by Crippen LogP contribution is -2.10. The van der Waals surface area contributed by atoms with E-state index in [2.05, 4.69) is 20.2 Å². The van der Waals surface area contributed by atoms with Crippen molar-refractivity contribution < 1.29 is 22.7 Å². The fourth-order valence-corrected chi connectivity index (χ4v) is 3.91. The van der Waals surface area contributed by atoms with Crippen LogP contribution in [0.5, 0.6) is 5.88 Å². The summed E-state index contributed by atoms with van der Waals surface area (Å²) in [6, 6.07) is 15.9. The highest BCUT2D eigenvalue weighted by Crippen LogP contribution is 2.36. The highest BCUT2D eigenvalue weighted by Gasteiger charge is 2.37. The van der Waals surface area contributed by atoms with Gasteiger partial charge in [-0.15, -0.1) is 0 Å². The number of alkyl halides is 3. The Balaban J connectivity index is 1.65. The van der Waals surface area contributed by atoms with Crippen LogP contribution in [0.1, 0.15) is 27.9 Å². The highest BCUT2D eigenvalue weighted by molar-refractivity contribution is 6.18.